The van der Waals surface area contributed by atoms with E-state index in [9.17, 15) is 62.7 Å². The molecule has 0 saturated carbocycles. The number of alkyl halides is 11. The SMILES string of the molecule is C=C(C)C(=O)OC(F)(F)COC(F)(F)F.C=C(C)C(=O)OCCOC(F)(F)F.C=CC(=O)OCCOC(F)(F)F. The van der Waals surface area contributed by atoms with Crippen LogP contribution >= 0.6 is 0 Å². The van der Waals surface area contributed by atoms with E-state index >= 15 is 0 Å². The maximum Gasteiger partial charge on any atom is 0.522 e. The minimum absolute atomic E-state index is 0.131. The predicted molar refractivity (Wildman–Crippen MR) is 109 cm³/mol. The summed E-state index contributed by atoms with van der Waals surface area (Å²) in [6, 6.07) is 0. The lowest BCUT2D eigenvalue weighted by Crippen LogP contribution is -2.33. The maximum absolute atomic E-state index is 12.5. The lowest BCUT2D eigenvalue weighted by atomic mass is 10.4. The van der Waals surface area contributed by atoms with Crippen molar-refractivity contribution >= 4 is 17.9 Å². The molecule has 0 saturated heterocycles. The van der Waals surface area contributed by atoms with Crippen molar-refractivity contribution in [3.05, 3.63) is 37.0 Å². The summed E-state index contributed by atoms with van der Waals surface area (Å²) >= 11 is 0. The summed E-state index contributed by atoms with van der Waals surface area (Å²) in [5.41, 5.74) is -0.228. The normalized spacial score (nSPS) is 11.5. The van der Waals surface area contributed by atoms with E-state index in [4.69, 9.17) is 0 Å². The number of halogens is 11. The number of carbonyl (C=O) groups excluding carboxylic acids is 3. The molecule has 9 nitrogen and oxygen atoms in total. The van der Waals surface area contributed by atoms with E-state index in [1.807, 2.05) is 0 Å². The van der Waals surface area contributed by atoms with Crippen LogP contribution in [0.15, 0.2) is 37.0 Å². The Bertz CT molecular complexity index is 833. The van der Waals surface area contributed by atoms with Gasteiger partial charge in [0.15, 0.2) is 6.61 Å². The topological polar surface area (TPSA) is 107 Å². The molecule has 0 aliphatic carbocycles. The molecular formula is C20H23F11O9. The fraction of sp³-hybridized carbons (Fsp3) is 0.550. The van der Waals surface area contributed by atoms with E-state index < -0.39 is 76.1 Å². The molecule has 40 heavy (non-hydrogen) atoms. The van der Waals surface area contributed by atoms with Crippen LogP contribution in [0.4, 0.5) is 48.3 Å². The molecule has 0 N–H and O–H groups in total. The molecule has 0 atom stereocenters. The Labute approximate surface area is 219 Å². The van der Waals surface area contributed by atoms with Gasteiger partial charge in [0.25, 0.3) is 0 Å². The second kappa shape index (κ2) is 18.9. The monoisotopic (exact) mass is 616 g/mol. The highest BCUT2D eigenvalue weighted by atomic mass is 19.4. The van der Waals surface area contributed by atoms with Gasteiger partial charge in [-0.15, -0.1) is 39.5 Å². The summed E-state index contributed by atoms with van der Waals surface area (Å²) in [6.45, 7) is 7.36. The van der Waals surface area contributed by atoms with Crippen LogP contribution in [0.1, 0.15) is 13.8 Å². The van der Waals surface area contributed by atoms with Crippen LogP contribution in [-0.4, -0.2) is 76.1 Å². The van der Waals surface area contributed by atoms with E-state index in [1.165, 1.54) is 6.92 Å². The zero-order chi connectivity index (χ0) is 32.4. The lowest BCUT2D eigenvalue weighted by Gasteiger charge is -2.17. The summed E-state index contributed by atoms with van der Waals surface area (Å²) in [7, 11) is 0. The smallest absolute Gasteiger partial charge is 0.460 e. The molecule has 0 bridgehead atoms. The van der Waals surface area contributed by atoms with Crippen molar-refractivity contribution in [2.45, 2.75) is 39.0 Å². The van der Waals surface area contributed by atoms with Gasteiger partial charge in [-0.2, -0.15) is 8.78 Å². The van der Waals surface area contributed by atoms with Gasteiger partial charge in [-0.25, -0.2) is 14.4 Å². The molecule has 234 valence electrons. The van der Waals surface area contributed by atoms with Crippen molar-refractivity contribution < 1.29 is 91.1 Å². The van der Waals surface area contributed by atoms with Crippen LogP contribution in [0.3, 0.4) is 0 Å². The van der Waals surface area contributed by atoms with Gasteiger partial charge in [-0.05, 0) is 13.8 Å². The zero-order valence-electron chi connectivity index (χ0n) is 20.6. The Kier molecular flexibility index (Phi) is 19.5. The van der Waals surface area contributed by atoms with Crippen LogP contribution in [0.5, 0.6) is 0 Å². The quantitative estimate of drug-likeness (QED) is 0.0971. The van der Waals surface area contributed by atoms with Crippen molar-refractivity contribution in [3.8, 4) is 0 Å². The Hall–Kier alpha value is -3.26. The number of hydrogen-bond acceptors (Lipinski definition) is 9. The largest absolute Gasteiger partial charge is 0.522 e. The van der Waals surface area contributed by atoms with Crippen molar-refractivity contribution in [1.29, 1.82) is 0 Å². The first-order chi connectivity index (χ1) is 17.8. The summed E-state index contributed by atoms with van der Waals surface area (Å²) in [5, 5.41) is 0. The predicted octanol–water partition coefficient (Wildman–Crippen LogP) is 5.13. The highest BCUT2D eigenvalue weighted by Gasteiger charge is 2.41. The zero-order valence-corrected chi connectivity index (χ0v) is 20.6. The summed E-state index contributed by atoms with van der Waals surface area (Å²) < 4.78 is 148. The molecule has 0 spiro atoms. The van der Waals surface area contributed by atoms with E-state index in [1.54, 1.807) is 0 Å². The van der Waals surface area contributed by atoms with Crippen molar-refractivity contribution in [3.63, 3.8) is 0 Å². The van der Waals surface area contributed by atoms with Crippen LogP contribution in [0.2, 0.25) is 0 Å². The van der Waals surface area contributed by atoms with Gasteiger partial charge in [0.05, 0.1) is 13.2 Å². The molecule has 0 amide bonds. The molecular weight excluding hydrogens is 593 g/mol. The molecule has 0 fully saturated rings. The Balaban J connectivity index is -0.000000517. The first-order valence-electron chi connectivity index (χ1n) is 9.82. The number of hydrogen-bond donors (Lipinski definition) is 0. The minimum atomic E-state index is -5.21. The van der Waals surface area contributed by atoms with E-state index in [-0.39, 0.29) is 11.1 Å². The first-order valence-corrected chi connectivity index (χ1v) is 9.82. The molecule has 0 unspecified atom stereocenters. The van der Waals surface area contributed by atoms with E-state index in [2.05, 4.69) is 48.2 Å². The first kappa shape index (κ1) is 41.2. The molecule has 0 aromatic rings. The standard InChI is InChI=1S/C7H7F5O3.C7H9F3O3.C6H7F3O3/c1-4(2)5(13)15-6(8,9)3-14-7(10,11)12;1-5(2)6(11)12-3-4-13-7(8,9)10;1-2-5(10)11-3-4-12-6(7,8)9/h1,3H2,2H3;1,3-4H2,2H3;2H,1,3-4H2. The second-order valence-corrected chi connectivity index (χ2v) is 6.42. The van der Waals surface area contributed by atoms with Gasteiger partial charge in [0.2, 0.25) is 0 Å². The summed E-state index contributed by atoms with van der Waals surface area (Å²) in [5.74, 6) is -3.00. The highest BCUT2D eigenvalue weighted by molar-refractivity contribution is 5.87. The lowest BCUT2D eigenvalue weighted by molar-refractivity contribution is -0.363. The number of rotatable bonds is 12. The Morgan fingerprint density at radius 1 is 0.625 bits per heavy atom. The highest BCUT2D eigenvalue weighted by Crippen LogP contribution is 2.23. The number of esters is 3. The third kappa shape index (κ3) is 32.8. The molecule has 0 heterocycles. The van der Waals surface area contributed by atoms with Crippen molar-refractivity contribution in [1.82, 2.24) is 0 Å². The Morgan fingerprint density at radius 2 is 1.00 bits per heavy atom. The van der Waals surface area contributed by atoms with Gasteiger partial charge >= 0.3 is 43.1 Å². The maximum atomic E-state index is 12.5. The van der Waals surface area contributed by atoms with E-state index in [0.717, 1.165) is 13.0 Å². The molecule has 0 aromatic carbocycles. The minimum Gasteiger partial charge on any atom is -0.460 e. The van der Waals surface area contributed by atoms with Gasteiger partial charge < -0.3 is 14.2 Å². The van der Waals surface area contributed by atoms with E-state index in [0.29, 0.717) is 0 Å². The van der Waals surface area contributed by atoms with Gasteiger partial charge in [0, 0.05) is 17.2 Å². The summed E-state index contributed by atoms with van der Waals surface area (Å²) in [4.78, 5) is 31.4. The third-order valence-electron chi connectivity index (χ3n) is 2.69. The van der Waals surface area contributed by atoms with Crippen molar-refractivity contribution in [2.75, 3.05) is 33.0 Å². The van der Waals surface area contributed by atoms with Crippen LogP contribution in [0.25, 0.3) is 0 Å². The second-order valence-electron chi connectivity index (χ2n) is 6.42. The molecule has 20 heteroatoms. The molecule has 0 rings (SSSR count). The van der Waals surface area contributed by atoms with Crippen LogP contribution < -0.4 is 0 Å². The molecule has 0 aliphatic heterocycles. The third-order valence-corrected chi connectivity index (χ3v) is 2.69. The average Bonchev–Trinajstić information content (AvgIpc) is 2.76. The molecule has 0 aromatic heterocycles. The molecule has 0 radical (unpaired) electrons. The van der Waals surface area contributed by atoms with Crippen LogP contribution in [0, 0.1) is 0 Å². The number of ether oxygens (including phenoxy) is 6. The van der Waals surface area contributed by atoms with Gasteiger partial charge in [-0.1, -0.05) is 19.7 Å². The molecule has 0 aliphatic rings. The fourth-order valence-electron chi connectivity index (χ4n) is 1.19. The fourth-order valence-corrected chi connectivity index (χ4v) is 1.19. The Morgan fingerprint density at radius 3 is 1.32 bits per heavy atom. The van der Waals surface area contributed by atoms with Gasteiger partial charge in [0.1, 0.15) is 13.2 Å². The average molecular weight is 616 g/mol. The number of carbonyl (C=O) groups is 3. The summed E-state index contributed by atoms with van der Waals surface area (Å²) in [6.07, 6.45) is -18.1. The van der Waals surface area contributed by atoms with Crippen molar-refractivity contribution in [2.24, 2.45) is 0 Å². The van der Waals surface area contributed by atoms with Gasteiger partial charge in [-0.3, -0.25) is 14.2 Å². The van der Waals surface area contributed by atoms with Crippen LogP contribution in [-0.2, 0) is 42.8 Å².